The molecule has 0 N–H and O–H groups in total. The fraction of sp³-hybridized carbons (Fsp3) is 0.300. The summed E-state index contributed by atoms with van der Waals surface area (Å²) in [5.41, 5.74) is 1.99. The maximum atomic E-state index is 4.12. The van der Waals surface area contributed by atoms with Crippen molar-refractivity contribution in [3.63, 3.8) is 0 Å². The predicted octanol–water partition coefficient (Wildman–Crippen LogP) is 2.12. The molecule has 0 saturated carbocycles. The molecule has 0 fully saturated rings. The van der Waals surface area contributed by atoms with E-state index in [1.807, 2.05) is 12.3 Å². The molecule has 0 aliphatic carbocycles. The Labute approximate surface area is 77.4 Å². The second-order valence-corrected chi connectivity index (χ2v) is 3.24. The molecule has 1 aromatic rings. The van der Waals surface area contributed by atoms with E-state index in [1.165, 1.54) is 0 Å². The van der Waals surface area contributed by atoms with Gasteiger partial charge in [-0.15, -0.1) is 0 Å². The second kappa shape index (κ2) is 3.04. The molecule has 0 bridgehead atoms. The molecule has 1 aromatic heterocycles. The van der Waals surface area contributed by atoms with Crippen LogP contribution in [0.15, 0.2) is 29.7 Å². The van der Waals surface area contributed by atoms with Gasteiger partial charge < -0.3 is 4.90 Å². The van der Waals surface area contributed by atoms with Gasteiger partial charge in [0, 0.05) is 18.1 Å². The van der Waals surface area contributed by atoms with Gasteiger partial charge in [-0.1, -0.05) is 0 Å². The van der Waals surface area contributed by atoms with Crippen LogP contribution in [-0.2, 0) is 0 Å². The standard InChI is InChI=1S/C10H11N3/c1-8(2)13-6-5-12-9-7-11-4-3-10(9)13/h3-4,6-8H,1-2H3. The third-order valence-electron chi connectivity index (χ3n) is 1.99. The molecule has 0 radical (unpaired) electrons. The highest BCUT2D eigenvalue weighted by atomic mass is 15.2. The monoisotopic (exact) mass is 173 g/mol. The molecule has 13 heavy (non-hydrogen) atoms. The van der Waals surface area contributed by atoms with Gasteiger partial charge in [0.1, 0.15) is 5.69 Å². The lowest BCUT2D eigenvalue weighted by molar-refractivity contribution is 0.783. The number of fused-ring (bicyclic) bond motifs is 1. The number of aliphatic imine (C=N–C) groups is 1. The lowest BCUT2D eigenvalue weighted by atomic mass is 10.2. The smallest absolute Gasteiger partial charge is 0.115 e. The first kappa shape index (κ1) is 8.02. The lowest BCUT2D eigenvalue weighted by Crippen LogP contribution is -2.25. The maximum Gasteiger partial charge on any atom is 0.115 e. The van der Waals surface area contributed by atoms with Crippen molar-refractivity contribution in [2.75, 3.05) is 4.90 Å². The Hall–Kier alpha value is -1.60. The van der Waals surface area contributed by atoms with E-state index in [4.69, 9.17) is 0 Å². The molecular formula is C10H11N3. The maximum absolute atomic E-state index is 4.12. The number of pyridine rings is 1. The summed E-state index contributed by atoms with van der Waals surface area (Å²) in [5, 5.41) is 0. The van der Waals surface area contributed by atoms with Crippen LogP contribution >= 0.6 is 0 Å². The van der Waals surface area contributed by atoms with E-state index in [9.17, 15) is 0 Å². The molecule has 0 atom stereocenters. The molecule has 0 spiro atoms. The Bertz CT molecular complexity index is 376. The molecule has 2 heterocycles. The number of rotatable bonds is 1. The molecule has 3 nitrogen and oxygen atoms in total. The Kier molecular flexibility index (Phi) is 1.87. The second-order valence-electron chi connectivity index (χ2n) is 3.24. The van der Waals surface area contributed by atoms with E-state index in [0.717, 1.165) is 11.4 Å². The molecule has 0 unspecified atom stereocenters. The average molecular weight is 173 g/mol. The Balaban J connectivity index is 2.52. The first-order chi connectivity index (χ1) is 6.29. The predicted molar refractivity (Wildman–Crippen MR) is 53.5 cm³/mol. The van der Waals surface area contributed by atoms with Crippen LogP contribution in [0.25, 0.3) is 0 Å². The fourth-order valence-electron chi connectivity index (χ4n) is 1.34. The van der Waals surface area contributed by atoms with Crippen LogP contribution < -0.4 is 4.90 Å². The zero-order valence-electron chi connectivity index (χ0n) is 7.73. The van der Waals surface area contributed by atoms with E-state index in [0.29, 0.717) is 6.04 Å². The minimum atomic E-state index is 0.421. The molecule has 1 aliphatic rings. The van der Waals surface area contributed by atoms with Gasteiger partial charge in [0.05, 0.1) is 18.1 Å². The minimum absolute atomic E-state index is 0.421. The summed E-state index contributed by atoms with van der Waals surface area (Å²) in [6, 6.07) is 2.39. The summed E-state index contributed by atoms with van der Waals surface area (Å²) in [4.78, 5) is 10.3. The molecule has 3 heteroatoms. The highest BCUT2D eigenvalue weighted by molar-refractivity contribution is 5.78. The zero-order valence-corrected chi connectivity index (χ0v) is 7.73. The average Bonchev–Trinajstić information content (AvgIpc) is 2.17. The van der Waals surface area contributed by atoms with Crippen molar-refractivity contribution in [1.82, 2.24) is 4.98 Å². The lowest BCUT2D eigenvalue weighted by Gasteiger charge is -2.26. The number of hydrogen-bond donors (Lipinski definition) is 0. The van der Waals surface area contributed by atoms with Gasteiger partial charge in [0.15, 0.2) is 0 Å². The van der Waals surface area contributed by atoms with Crippen LogP contribution in [0.1, 0.15) is 13.8 Å². The van der Waals surface area contributed by atoms with Crippen molar-refractivity contribution in [2.24, 2.45) is 4.99 Å². The summed E-state index contributed by atoms with van der Waals surface area (Å²) in [5.74, 6) is 2.86. The summed E-state index contributed by atoms with van der Waals surface area (Å²) in [7, 11) is 0. The third-order valence-corrected chi connectivity index (χ3v) is 1.99. The van der Waals surface area contributed by atoms with E-state index in [2.05, 4.69) is 34.6 Å². The molecular weight excluding hydrogens is 162 g/mol. The SMILES string of the molecule is CC(C)N1C=C=Nc2cnccc21. The molecule has 66 valence electrons. The van der Waals surface area contributed by atoms with Crippen molar-refractivity contribution in [2.45, 2.75) is 19.9 Å². The molecule has 2 rings (SSSR count). The first-order valence-electron chi connectivity index (χ1n) is 4.31. The van der Waals surface area contributed by atoms with Crippen molar-refractivity contribution in [3.8, 4) is 0 Å². The van der Waals surface area contributed by atoms with Crippen molar-refractivity contribution in [3.05, 3.63) is 24.7 Å². The van der Waals surface area contributed by atoms with Crippen LogP contribution in [0.3, 0.4) is 0 Å². The van der Waals surface area contributed by atoms with Gasteiger partial charge in [-0.3, -0.25) is 4.98 Å². The summed E-state index contributed by atoms with van der Waals surface area (Å²) in [6.07, 6.45) is 5.40. The first-order valence-corrected chi connectivity index (χ1v) is 4.31. The van der Waals surface area contributed by atoms with E-state index >= 15 is 0 Å². The van der Waals surface area contributed by atoms with E-state index < -0.39 is 0 Å². The van der Waals surface area contributed by atoms with Gasteiger partial charge in [-0.05, 0) is 19.9 Å². The Morgan fingerprint density at radius 1 is 1.46 bits per heavy atom. The Morgan fingerprint density at radius 2 is 2.31 bits per heavy atom. The molecule has 0 aromatic carbocycles. The van der Waals surface area contributed by atoms with Gasteiger partial charge >= 0.3 is 0 Å². The number of aromatic nitrogens is 1. The minimum Gasteiger partial charge on any atom is -0.335 e. The number of nitrogens with zero attached hydrogens (tertiary/aromatic N) is 3. The summed E-state index contributed by atoms with van der Waals surface area (Å²) in [6.45, 7) is 4.27. The number of hydrogen-bond acceptors (Lipinski definition) is 3. The zero-order chi connectivity index (χ0) is 9.26. The van der Waals surface area contributed by atoms with Crippen LogP contribution in [0.2, 0.25) is 0 Å². The van der Waals surface area contributed by atoms with Gasteiger partial charge in [-0.2, -0.15) is 0 Å². The van der Waals surface area contributed by atoms with Crippen LogP contribution in [0.5, 0.6) is 0 Å². The number of anilines is 1. The van der Waals surface area contributed by atoms with Crippen molar-refractivity contribution in [1.29, 1.82) is 0 Å². The highest BCUT2D eigenvalue weighted by Crippen LogP contribution is 2.30. The van der Waals surface area contributed by atoms with E-state index in [-0.39, 0.29) is 0 Å². The highest BCUT2D eigenvalue weighted by Gasteiger charge is 2.13. The van der Waals surface area contributed by atoms with Crippen LogP contribution in [0, 0.1) is 0 Å². The molecule has 0 saturated heterocycles. The van der Waals surface area contributed by atoms with Gasteiger partial charge in [0.25, 0.3) is 0 Å². The summed E-state index contributed by atoms with van der Waals surface area (Å²) >= 11 is 0. The third kappa shape index (κ3) is 1.34. The normalized spacial score (nSPS) is 13.6. The van der Waals surface area contributed by atoms with Gasteiger partial charge in [0.2, 0.25) is 0 Å². The van der Waals surface area contributed by atoms with Gasteiger partial charge in [-0.25, -0.2) is 4.99 Å². The van der Waals surface area contributed by atoms with Crippen molar-refractivity contribution < 1.29 is 0 Å². The molecule has 1 aliphatic heterocycles. The van der Waals surface area contributed by atoms with Crippen LogP contribution in [0.4, 0.5) is 11.4 Å². The van der Waals surface area contributed by atoms with Crippen molar-refractivity contribution >= 4 is 17.2 Å². The quantitative estimate of drug-likeness (QED) is 0.650. The Morgan fingerprint density at radius 3 is 3.08 bits per heavy atom. The fourth-order valence-corrected chi connectivity index (χ4v) is 1.34. The van der Waals surface area contributed by atoms with E-state index in [1.54, 1.807) is 12.4 Å². The topological polar surface area (TPSA) is 28.5 Å². The van der Waals surface area contributed by atoms with Crippen LogP contribution in [-0.4, -0.2) is 16.9 Å². The summed E-state index contributed by atoms with van der Waals surface area (Å²) < 4.78 is 0. The molecule has 0 amide bonds. The largest absolute Gasteiger partial charge is 0.335 e.